The molecular weight excluding hydrogens is 548 g/mol. The van der Waals surface area contributed by atoms with E-state index >= 15 is 0 Å². The first kappa shape index (κ1) is 29.9. The number of aromatic nitrogens is 4. The summed E-state index contributed by atoms with van der Waals surface area (Å²) >= 11 is 0. The Morgan fingerprint density at radius 3 is 2.36 bits per heavy atom. The second kappa shape index (κ2) is 13.7. The maximum atomic E-state index is 14.3. The van der Waals surface area contributed by atoms with Crippen LogP contribution in [-0.2, 0) is 24.1 Å². The fraction of sp³-hybridized carbons (Fsp3) is 0.432. The van der Waals surface area contributed by atoms with E-state index in [9.17, 15) is 9.59 Å². The lowest BCUT2D eigenvalue weighted by Gasteiger charge is -2.28. The highest BCUT2D eigenvalue weighted by molar-refractivity contribution is 5.83. The monoisotopic (exact) mass is 590 g/mol. The molecule has 4 aromatic rings. The molecule has 228 valence electrons. The summed E-state index contributed by atoms with van der Waals surface area (Å²) in [6.45, 7) is 4.61. The molecule has 2 aromatic carbocycles. The van der Waals surface area contributed by atoms with Crippen molar-refractivity contribution in [3.05, 3.63) is 99.5 Å². The van der Waals surface area contributed by atoms with Gasteiger partial charge in [0.05, 0.1) is 24.7 Å². The van der Waals surface area contributed by atoms with Gasteiger partial charge in [0, 0.05) is 30.2 Å². The molecule has 0 atom stereocenters. The molecule has 0 N–H and O–H groups in total. The number of ether oxygens (including phenoxy) is 1. The van der Waals surface area contributed by atoms with Gasteiger partial charge in [-0.15, -0.1) is 0 Å². The number of Topliss-reactive ketones (excluding diaryl/α,β-unsaturated/α-hetero) is 1. The van der Waals surface area contributed by atoms with Crippen LogP contribution in [-0.4, -0.2) is 31.9 Å². The summed E-state index contributed by atoms with van der Waals surface area (Å²) in [7, 11) is 0. The number of benzene rings is 2. The highest BCUT2D eigenvalue weighted by Crippen LogP contribution is 2.36. The largest absolute Gasteiger partial charge is 0.491 e. The fourth-order valence-electron chi connectivity index (χ4n) is 6.04. The van der Waals surface area contributed by atoms with Gasteiger partial charge in [0.2, 0.25) is 5.95 Å². The summed E-state index contributed by atoms with van der Waals surface area (Å²) in [5.41, 5.74) is 6.07. The lowest BCUT2D eigenvalue weighted by Crippen LogP contribution is -2.33. The molecule has 2 aliphatic rings. The standard InChI is InChI=1S/C37H42N4O3/c1-3-5-13-33-32(36(43)41(35(40-33)29-10-8-11-29)37-38-23-30(24-39-37)44-4-2)22-25-14-16-27(17-15-25)31-12-7-6-9-26(31)20-21-34(42)28-18-19-28/h6-7,9,12,14-17,23-24,28-29H,3-5,8,10-11,13,18-22H2,1-2H3. The van der Waals surface area contributed by atoms with Gasteiger partial charge in [-0.3, -0.25) is 9.59 Å². The second-order valence-electron chi connectivity index (χ2n) is 12.2. The van der Waals surface area contributed by atoms with Gasteiger partial charge in [0.25, 0.3) is 5.56 Å². The summed E-state index contributed by atoms with van der Waals surface area (Å²) in [4.78, 5) is 40.9. The summed E-state index contributed by atoms with van der Waals surface area (Å²) in [6, 6.07) is 16.9. The predicted octanol–water partition coefficient (Wildman–Crippen LogP) is 7.20. The molecule has 0 aliphatic heterocycles. The van der Waals surface area contributed by atoms with E-state index in [2.05, 4.69) is 59.4 Å². The van der Waals surface area contributed by atoms with Gasteiger partial charge in [0.1, 0.15) is 11.6 Å². The maximum absolute atomic E-state index is 14.3. The van der Waals surface area contributed by atoms with E-state index in [1.807, 2.05) is 13.0 Å². The fourth-order valence-corrected chi connectivity index (χ4v) is 6.04. The smallest absolute Gasteiger partial charge is 0.264 e. The number of carbonyl (C=O) groups excluding carboxylic acids is 1. The van der Waals surface area contributed by atoms with Gasteiger partial charge in [-0.2, -0.15) is 0 Å². The third-order valence-electron chi connectivity index (χ3n) is 8.99. The Kier molecular flexibility index (Phi) is 9.29. The zero-order valence-corrected chi connectivity index (χ0v) is 25.9. The lowest BCUT2D eigenvalue weighted by molar-refractivity contribution is -0.120. The molecule has 2 saturated carbocycles. The van der Waals surface area contributed by atoms with Gasteiger partial charge in [-0.25, -0.2) is 19.5 Å². The Balaban J connectivity index is 1.32. The molecule has 0 bridgehead atoms. The minimum absolute atomic E-state index is 0.0769. The Morgan fingerprint density at radius 1 is 0.955 bits per heavy atom. The molecule has 2 aliphatic carbocycles. The van der Waals surface area contributed by atoms with Crippen LogP contribution in [0.1, 0.15) is 99.3 Å². The Morgan fingerprint density at radius 2 is 1.70 bits per heavy atom. The SMILES string of the molecule is CCCCc1nc(C2CCC2)n(-c2ncc(OCC)cn2)c(=O)c1Cc1ccc(-c2ccccc2CCC(=O)C2CC2)cc1. The van der Waals surface area contributed by atoms with Crippen LogP contribution in [0, 0.1) is 5.92 Å². The molecule has 0 spiro atoms. The number of unbranched alkanes of at least 4 members (excludes halogenated alkanes) is 1. The van der Waals surface area contributed by atoms with Crippen LogP contribution in [0.2, 0.25) is 0 Å². The molecule has 7 heteroatoms. The average Bonchev–Trinajstić information content (AvgIpc) is 3.87. The molecule has 0 saturated heterocycles. The van der Waals surface area contributed by atoms with Crippen LogP contribution in [0.5, 0.6) is 5.75 Å². The van der Waals surface area contributed by atoms with Crippen molar-refractivity contribution in [3.8, 4) is 22.8 Å². The average molecular weight is 591 g/mol. The summed E-state index contributed by atoms with van der Waals surface area (Å²) in [5.74, 6) is 2.65. The topological polar surface area (TPSA) is 87.0 Å². The second-order valence-corrected chi connectivity index (χ2v) is 12.2. The van der Waals surface area contributed by atoms with Crippen molar-refractivity contribution in [1.29, 1.82) is 0 Å². The molecule has 2 fully saturated rings. The van der Waals surface area contributed by atoms with Crippen molar-refractivity contribution in [2.45, 2.75) is 90.4 Å². The van der Waals surface area contributed by atoms with Gasteiger partial charge in [-0.1, -0.05) is 68.3 Å². The molecule has 0 amide bonds. The molecule has 7 nitrogen and oxygen atoms in total. The quantitative estimate of drug-likeness (QED) is 0.154. The molecule has 44 heavy (non-hydrogen) atoms. The van der Waals surface area contributed by atoms with Gasteiger partial charge in [0.15, 0.2) is 5.75 Å². The van der Waals surface area contributed by atoms with Gasteiger partial charge >= 0.3 is 0 Å². The van der Waals surface area contributed by atoms with E-state index in [1.165, 1.54) is 5.56 Å². The highest BCUT2D eigenvalue weighted by atomic mass is 16.5. The summed E-state index contributed by atoms with van der Waals surface area (Å²) < 4.78 is 7.20. The number of rotatable bonds is 14. The van der Waals surface area contributed by atoms with Gasteiger partial charge < -0.3 is 4.74 Å². The van der Waals surface area contributed by atoms with Crippen LogP contribution in [0.25, 0.3) is 17.1 Å². The Hall–Kier alpha value is -4.13. The van der Waals surface area contributed by atoms with Crippen LogP contribution in [0.15, 0.2) is 65.7 Å². The lowest BCUT2D eigenvalue weighted by atomic mass is 9.84. The molecule has 0 radical (unpaired) electrons. The Labute approximate surface area is 259 Å². The van der Waals surface area contributed by atoms with E-state index in [4.69, 9.17) is 9.72 Å². The first-order valence-corrected chi connectivity index (χ1v) is 16.4. The minimum atomic E-state index is -0.0769. The van der Waals surface area contributed by atoms with Crippen molar-refractivity contribution in [2.75, 3.05) is 6.61 Å². The third-order valence-corrected chi connectivity index (χ3v) is 8.99. The summed E-state index contributed by atoms with van der Waals surface area (Å²) in [5, 5.41) is 0. The van der Waals surface area contributed by atoms with Crippen LogP contribution < -0.4 is 10.3 Å². The van der Waals surface area contributed by atoms with E-state index < -0.39 is 0 Å². The van der Waals surface area contributed by atoms with Crippen molar-refractivity contribution >= 4 is 5.78 Å². The number of carbonyl (C=O) groups is 1. The normalized spacial score (nSPS) is 14.8. The van der Waals surface area contributed by atoms with Gasteiger partial charge in [-0.05, 0) is 74.1 Å². The van der Waals surface area contributed by atoms with Crippen LogP contribution in [0.4, 0.5) is 0 Å². The highest BCUT2D eigenvalue weighted by Gasteiger charge is 2.30. The van der Waals surface area contributed by atoms with Crippen molar-refractivity contribution in [1.82, 2.24) is 19.5 Å². The molecule has 6 rings (SSSR count). The number of aryl methyl sites for hydroxylation is 2. The third kappa shape index (κ3) is 6.67. The van der Waals surface area contributed by atoms with E-state index in [1.54, 1.807) is 17.0 Å². The predicted molar refractivity (Wildman–Crippen MR) is 173 cm³/mol. The number of hydrogen-bond donors (Lipinski definition) is 0. The van der Waals surface area contributed by atoms with Crippen molar-refractivity contribution in [3.63, 3.8) is 0 Å². The minimum Gasteiger partial charge on any atom is -0.491 e. The first-order valence-electron chi connectivity index (χ1n) is 16.4. The number of ketones is 1. The molecule has 2 aromatic heterocycles. The zero-order valence-electron chi connectivity index (χ0n) is 25.9. The number of nitrogens with zero attached hydrogens (tertiary/aromatic N) is 4. The number of hydrogen-bond acceptors (Lipinski definition) is 6. The first-order chi connectivity index (χ1) is 21.6. The molecular formula is C37H42N4O3. The molecule has 2 heterocycles. The van der Waals surface area contributed by atoms with E-state index in [0.29, 0.717) is 48.4 Å². The van der Waals surface area contributed by atoms with Crippen LogP contribution in [0.3, 0.4) is 0 Å². The zero-order chi connectivity index (χ0) is 30.5. The molecule has 0 unspecified atom stereocenters. The summed E-state index contributed by atoms with van der Waals surface area (Å²) in [6.07, 6.45) is 13.2. The van der Waals surface area contributed by atoms with Crippen molar-refractivity contribution < 1.29 is 9.53 Å². The van der Waals surface area contributed by atoms with E-state index in [0.717, 1.165) is 86.0 Å². The Bertz CT molecular complexity index is 1650. The van der Waals surface area contributed by atoms with E-state index in [-0.39, 0.29) is 11.5 Å². The van der Waals surface area contributed by atoms with Crippen molar-refractivity contribution in [2.24, 2.45) is 5.92 Å². The maximum Gasteiger partial charge on any atom is 0.264 e. The van der Waals surface area contributed by atoms with Crippen LogP contribution >= 0.6 is 0 Å².